The topological polar surface area (TPSA) is 62.7 Å². The summed E-state index contributed by atoms with van der Waals surface area (Å²) in [6, 6.07) is 14.5. The highest BCUT2D eigenvalue weighted by molar-refractivity contribution is 9.10. The Balaban J connectivity index is 1.81. The molecule has 2 aromatic carbocycles. The summed E-state index contributed by atoms with van der Waals surface area (Å²) in [6.45, 7) is 0.0589. The lowest BCUT2D eigenvalue weighted by molar-refractivity contribution is -0.116. The molecule has 0 atom stereocenters. The minimum Gasteiger partial charge on any atom is -0.325 e. The van der Waals surface area contributed by atoms with E-state index in [2.05, 4.69) is 31.4 Å². The first kappa shape index (κ1) is 16.9. The highest BCUT2D eigenvalue weighted by Crippen LogP contribution is 2.20. The molecule has 8 heteroatoms. The number of aromatic amines is 1. The monoisotopic (exact) mass is 422 g/mol. The fourth-order valence-corrected chi connectivity index (χ4v) is 2.75. The van der Waals surface area contributed by atoms with Gasteiger partial charge < -0.3 is 5.32 Å². The van der Waals surface area contributed by atoms with Crippen molar-refractivity contribution < 1.29 is 4.79 Å². The minimum absolute atomic E-state index is 0.0589. The number of hydrogen-bond acceptors (Lipinski definition) is 3. The highest BCUT2D eigenvalue weighted by atomic mass is 79.9. The second-order valence-corrected chi connectivity index (χ2v) is 6.74. The summed E-state index contributed by atoms with van der Waals surface area (Å²) in [4.78, 5) is 12.3. The molecule has 3 rings (SSSR count). The van der Waals surface area contributed by atoms with Crippen LogP contribution < -0.4 is 5.32 Å². The molecule has 0 aliphatic carbocycles. The molecule has 0 saturated carbocycles. The van der Waals surface area contributed by atoms with Crippen molar-refractivity contribution >= 4 is 51.3 Å². The number of H-pyrrole nitrogens is 1. The van der Waals surface area contributed by atoms with Gasteiger partial charge in [0.25, 0.3) is 0 Å². The van der Waals surface area contributed by atoms with Gasteiger partial charge in [-0.2, -0.15) is 5.10 Å². The normalized spacial score (nSPS) is 10.6. The summed E-state index contributed by atoms with van der Waals surface area (Å²) in [7, 11) is 0. The zero-order valence-corrected chi connectivity index (χ0v) is 15.5. The molecule has 3 aromatic rings. The molecular formula is C16H12BrClN4OS. The maximum atomic E-state index is 12.3. The largest absolute Gasteiger partial charge is 0.325 e. The van der Waals surface area contributed by atoms with Gasteiger partial charge in [-0.05, 0) is 60.7 Å². The van der Waals surface area contributed by atoms with Crippen LogP contribution in [0.4, 0.5) is 5.69 Å². The van der Waals surface area contributed by atoms with Crippen LogP contribution in [0.15, 0.2) is 53.0 Å². The smallest absolute Gasteiger partial charge is 0.244 e. The van der Waals surface area contributed by atoms with E-state index in [9.17, 15) is 4.79 Å². The second kappa shape index (κ2) is 7.29. The third-order valence-corrected chi connectivity index (χ3v) is 4.38. The molecule has 1 heterocycles. The molecule has 0 radical (unpaired) electrons. The Hall–Kier alpha value is -1.96. The van der Waals surface area contributed by atoms with Gasteiger partial charge in [0.15, 0.2) is 10.6 Å². The second-order valence-electron chi connectivity index (χ2n) is 5.00. The lowest BCUT2D eigenvalue weighted by atomic mass is 10.2. The average molecular weight is 424 g/mol. The van der Waals surface area contributed by atoms with Crippen LogP contribution in [0.2, 0.25) is 5.02 Å². The van der Waals surface area contributed by atoms with Gasteiger partial charge in [-0.25, -0.2) is 0 Å². The Bertz CT molecular complexity index is 919. The molecule has 5 nitrogen and oxygen atoms in total. The Morgan fingerprint density at radius 3 is 2.54 bits per heavy atom. The fraction of sp³-hybridized carbons (Fsp3) is 0.0625. The first-order chi connectivity index (χ1) is 11.5. The molecule has 0 saturated heterocycles. The summed E-state index contributed by atoms with van der Waals surface area (Å²) in [5, 5.41) is 10.4. The summed E-state index contributed by atoms with van der Waals surface area (Å²) in [6.07, 6.45) is 0. The number of benzene rings is 2. The minimum atomic E-state index is -0.190. The first-order valence-corrected chi connectivity index (χ1v) is 8.57. The van der Waals surface area contributed by atoms with Crippen molar-refractivity contribution in [3.05, 3.63) is 62.8 Å². The van der Waals surface area contributed by atoms with Crippen LogP contribution in [-0.2, 0) is 11.3 Å². The van der Waals surface area contributed by atoms with Gasteiger partial charge in [-0.1, -0.05) is 27.5 Å². The van der Waals surface area contributed by atoms with Crippen molar-refractivity contribution in [2.45, 2.75) is 6.54 Å². The van der Waals surface area contributed by atoms with E-state index >= 15 is 0 Å². The number of nitrogens with zero attached hydrogens (tertiary/aromatic N) is 2. The molecule has 24 heavy (non-hydrogen) atoms. The molecule has 2 N–H and O–H groups in total. The number of rotatable bonds is 4. The van der Waals surface area contributed by atoms with Gasteiger partial charge in [-0.3, -0.25) is 14.5 Å². The van der Waals surface area contributed by atoms with E-state index in [0.29, 0.717) is 21.3 Å². The van der Waals surface area contributed by atoms with Gasteiger partial charge in [0.1, 0.15) is 6.54 Å². The molecule has 1 amide bonds. The van der Waals surface area contributed by atoms with E-state index in [1.54, 1.807) is 16.7 Å². The Morgan fingerprint density at radius 1 is 1.21 bits per heavy atom. The van der Waals surface area contributed by atoms with Crippen molar-refractivity contribution in [1.82, 2.24) is 14.8 Å². The summed E-state index contributed by atoms with van der Waals surface area (Å²) >= 11 is 14.5. The van der Waals surface area contributed by atoms with Crippen LogP contribution in [0, 0.1) is 4.77 Å². The van der Waals surface area contributed by atoms with Crippen molar-refractivity contribution in [2.75, 3.05) is 5.32 Å². The Morgan fingerprint density at radius 2 is 1.88 bits per heavy atom. The van der Waals surface area contributed by atoms with E-state index < -0.39 is 0 Å². The molecule has 0 fully saturated rings. The molecule has 0 spiro atoms. The van der Waals surface area contributed by atoms with Gasteiger partial charge in [0.05, 0.1) is 0 Å². The van der Waals surface area contributed by atoms with Crippen molar-refractivity contribution in [1.29, 1.82) is 0 Å². The number of carbonyl (C=O) groups is 1. The van der Waals surface area contributed by atoms with Crippen LogP contribution in [-0.4, -0.2) is 20.7 Å². The molecule has 1 aromatic heterocycles. The van der Waals surface area contributed by atoms with Crippen LogP contribution in [0.3, 0.4) is 0 Å². The molecular weight excluding hydrogens is 412 g/mol. The number of hydrogen-bond donors (Lipinski definition) is 2. The van der Waals surface area contributed by atoms with Crippen LogP contribution in [0.5, 0.6) is 0 Å². The summed E-state index contributed by atoms with van der Waals surface area (Å²) in [5.41, 5.74) is 1.54. The predicted molar refractivity (Wildman–Crippen MR) is 101 cm³/mol. The van der Waals surface area contributed by atoms with E-state index in [4.69, 9.17) is 23.8 Å². The molecule has 122 valence electrons. The number of amides is 1. The lowest BCUT2D eigenvalue weighted by Crippen LogP contribution is -2.19. The number of aromatic nitrogens is 3. The average Bonchev–Trinajstić information content (AvgIpc) is 2.91. The third kappa shape index (κ3) is 3.92. The Labute approximate surface area is 156 Å². The van der Waals surface area contributed by atoms with Crippen LogP contribution >= 0.6 is 39.7 Å². The molecule has 0 unspecified atom stereocenters. The van der Waals surface area contributed by atoms with Gasteiger partial charge in [-0.15, -0.1) is 0 Å². The van der Waals surface area contributed by atoms with E-state index in [-0.39, 0.29) is 12.5 Å². The standard InChI is InChI=1S/C16H12BrClN4OS/c17-11-3-7-13(8-4-11)19-14(23)9-22-15(20-21-16(22)24)10-1-5-12(18)6-2-10/h1-8H,9H2,(H,19,23)(H,21,24). The lowest BCUT2D eigenvalue weighted by Gasteiger charge is -2.08. The van der Waals surface area contributed by atoms with Crippen molar-refractivity contribution in [3.63, 3.8) is 0 Å². The van der Waals surface area contributed by atoms with E-state index in [1.165, 1.54) is 0 Å². The maximum absolute atomic E-state index is 12.3. The van der Waals surface area contributed by atoms with E-state index in [0.717, 1.165) is 10.0 Å². The Kier molecular flexibility index (Phi) is 5.13. The third-order valence-electron chi connectivity index (χ3n) is 3.29. The van der Waals surface area contributed by atoms with Crippen LogP contribution in [0.1, 0.15) is 0 Å². The fourth-order valence-electron chi connectivity index (χ4n) is 2.16. The van der Waals surface area contributed by atoms with Gasteiger partial charge in [0, 0.05) is 20.7 Å². The summed E-state index contributed by atoms with van der Waals surface area (Å²) < 4.78 is 2.97. The number of halogens is 2. The van der Waals surface area contributed by atoms with Crippen molar-refractivity contribution in [2.24, 2.45) is 0 Å². The SMILES string of the molecule is O=C(Cn1c(-c2ccc(Cl)cc2)n[nH]c1=S)Nc1ccc(Br)cc1. The van der Waals surface area contributed by atoms with Gasteiger partial charge in [0.2, 0.25) is 5.91 Å². The predicted octanol–water partition coefficient (Wildman–Crippen LogP) is 4.66. The van der Waals surface area contributed by atoms with Crippen LogP contribution in [0.25, 0.3) is 11.4 Å². The number of carbonyl (C=O) groups excluding carboxylic acids is 1. The number of anilines is 1. The maximum Gasteiger partial charge on any atom is 0.244 e. The zero-order valence-electron chi connectivity index (χ0n) is 12.3. The molecule has 0 aliphatic heterocycles. The zero-order chi connectivity index (χ0) is 17.1. The molecule has 0 bridgehead atoms. The van der Waals surface area contributed by atoms with Gasteiger partial charge >= 0.3 is 0 Å². The van der Waals surface area contributed by atoms with Crippen molar-refractivity contribution in [3.8, 4) is 11.4 Å². The highest BCUT2D eigenvalue weighted by Gasteiger charge is 2.12. The molecule has 0 aliphatic rings. The quantitative estimate of drug-likeness (QED) is 0.600. The summed E-state index contributed by atoms with van der Waals surface area (Å²) in [5.74, 6) is 0.396. The first-order valence-electron chi connectivity index (χ1n) is 6.99. The van der Waals surface area contributed by atoms with E-state index in [1.807, 2.05) is 36.4 Å². The number of nitrogens with one attached hydrogen (secondary N) is 2.